The van der Waals surface area contributed by atoms with Gasteiger partial charge in [0.1, 0.15) is 11.6 Å². The van der Waals surface area contributed by atoms with E-state index in [4.69, 9.17) is 4.74 Å². The van der Waals surface area contributed by atoms with Gasteiger partial charge in [-0.05, 0) is 36.6 Å². The molecule has 0 radical (unpaired) electrons. The molecule has 3 heterocycles. The molecule has 2 aliphatic rings. The van der Waals surface area contributed by atoms with Gasteiger partial charge in [-0.25, -0.2) is 4.39 Å². The van der Waals surface area contributed by atoms with Crippen LogP contribution < -0.4 is 15.0 Å². The molecule has 2 atom stereocenters. The van der Waals surface area contributed by atoms with E-state index in [9.17, 15) is 4.39 Å². The van der Waals surface area contributed by atoms with Gasteiger partial charge in [0.2, 0.25) is 0 Å². The summed E-state index contributed by atoms with van der Waals surface area (Å²) < 4.78 is 19.0. The highest BCUT2D eigenvalue weighted by atomic mass is 19.1. The number of benzene rings is 1. The second-order valence-corrected chi connectivity index (χ2v) is 6.39. The van der Waals surface area contributed by atoms with Crippen molar-refractivity contribution in [1.82, 2.24) is 10.3 Å². The first-order valence-electron chi connectivity index (χ1n) is 8.00. The van der Waals surface area contributed by atoms with Crippen molar-refractivity contribution in [3.05, 3.63) is 42.5 Å². The number of piperidine rings is 1. The van der Waals surface area contributed by atoms with E-state index in [0.717, 1.165) is 36.4 Å². The summed E-state index contributed by atoms with van der Waals surface area (Å²) in [7, 11) is 1.60. The molecule has 120 valence electrons. The van der Waals surface area contributed by atoms with E-state index in [0.29, 0.717) is 17.7 Å². The number of nitrogens with zero attached hydrogens (tertiary/aromatic N) is 2. The summed E-state index contributed by atoms with van der Waals surface area (Å²) in [5.41, 5.74) is 2.71. The Labute approximate surface area is 135 Å². The number of rotatable bonds is 3. The monoisotopic (exact) mass is 313 g/mol. The summed E-state index contributed by atoms with van der Waals surface area (Å²) in [5.74, 6) is 1.10. The smallest absolute Gasteiger partial charge is 0.126 e. The number of hydrogen-bond acceptors (Lipinski definition) is 4. The molecule has 2 saturated heterocycles. The Morgan fingerprint density at radius 1 is 1.26 bits per heavy atom. The molecule has 5 heteroatoms. The van der Waals surface area contributed by atoms with Crippen LogP contribution in [0.1, 0.15) is 6.42 Å². The first kappa shape index (κ1) is 14.5. The highest BCUT2D eigenvalue weighted by molar-refractivity contribution is 5.72. The fourth-order valence-corrected chi connectivity index (χ4v) is 3.70. The third kappa shape index (κ3) is 2.77. The predicted molar refractivity (Wildman–Crippen MR) is 88.3 cm³/mol. The molecule has 1 aromatic heterocycles. The molecule has 0 saturated carbocycles. The van der Waals surface area contributed by atoms with Crippen LogP contribution in [0.15, 0.2) is 36.7 Å². The lowest BCUT2D eigenvalue weighted by molar-refractivity contribution is 0.415. The molecule has 4 rings (SSSR count). The molecule has 2 unspecified atom stereocenters. The zero-order chi connectivity index (χ0) is 15.8. The molecule has 4 nitrogen and oxygen atoms in total. The Morgan fingerprint density at radius 2 is 2.17 bits per heavy atom. The lowest BCUT2D eigenvalue weighted by atomic mass is 9.99. The maximum absolute atomic E-state index is 13.6. The van der Waals surface area contributed by atoms with Gasteiger partial charge < -0.3 is 15.0 Å². The minimum Gasteiger partial charge on any atom is -0.496 e. The van der Waals surface area contributed by atoms with Gasteiger partial charge in [0.05, 0.1) is 19.0 Å². The van der Waals surface area contributed by atoms with Crippen LogP contribution in [0.2, 0.25) is 0 Å². The van der Waals surface area contributed by atoms with E-state index in [1.165, 1.54) is 18.6 Å². The number of pyridine rings is 1. The SMILES string of the molecule is COc1ccc(F)cc1-c1cncc(N2CC3CNC(C3)C2)c1. The molecular formula is C18H20FN3O. The average Bonchev–Trinajstić information content (AvgIpc) is 2.93. The van der Waals surface area contributed by atoms with Crippen LogP contribution in [0.4, 0.5) is 10.1 Å². The van der Waals surface area contributed by atoms with E-state index in [-0.39, 0.29) is 5.82 Å². The molecular weight excluding hydrogens is 293 g/mol. The van der Waals surface area contributed by atoms with Gasteiger partial charge in [0, 0.05) is 43.0 Å². The summed E-state index contributed by atoms with van der Waals surface area (Å²) in [5, 5.41) is 3.56. The van der Waals surface area contributed by atoms with Gasteiger partial charge in [-0.1, -0.05) is 0 Å². The van der Waals surface area contributed by atoms with E-state index >= 15 is 0 Å². The summed E-state index contributed by atoms with van der Waals surface area (Å²) in [6.45, 7) is 3.16. The number of aromatic nitrogens is 1. The van der Waals surface area contributed by atoms with Crippen LogP contribution in [0, 0.1) is 11.7 Å². The van der Waals surface area contributed by atoms with Crippen molar-refractivity contribution >= 4 is 5.69 Å². The second kappa shape index (κ2) is 5.81. The van der Waals surface area contributed by atoms with Crippen molar-refractivity contribution in [1.29, 1.82) is 0 Å². The third-order valence-corrected chi connectivity index (χ3v) is 4.79. The first-order chi connectivity index (χ1) is 11.2. The molecule has 1 N–H and O–H groups in total. The Kier molecular flexibility index (Phi) is 3.65. The van der Waals surface area contributed by atoms with Crippen LogP contribution in [0.25, 0.3) is 11.1 Å². The van der Waals surface area contributed by atoms with Crippen LogP contribution in [-0.2, 0) is 0 Å². The van der Waals surface area contributed by atoms with Crippen molar-refractivity contribution in [2.24, 2.45) is 5.92 Å². The number of anilines is 1. The third-order valence-electron chi connectivity index (χ3n) is 4.79. The van der Waals surface area contributed by atoms with Crippen molar-refractivity contribution in [3.8, 4) is 16.9 Å². The molecule has 1 aromatic carbocycles. The standard InChI is InChI=1S/C18H20FN3O/c1-23-18-3-2-14(19)6-17(18)13-5-16(9-20-8-13)22-10-12-4-15(11-22)21-7-12/h2-3,5-6,8-9,12,15,21H,4,7,10-11H2,1H3. The summed E-state index contributed by atoms with van der Waals surface area (Å²) in [6, 6.07) is 7.22. The molecule has 0 amide bonds. The quantitative estimate of drug-likeness (QED) is 0.945. The lowest BCUT2D eigenvalue weighted by Gasteiger charge is -2.33. The largest absolute Gasteiger partial charge is 0.496 e. The predicted octanol–water partition coefficient (Wildman–Crippen LogP) is 2.69. The van der Waals surface area contributed by atoms with Crippen LogP contribution in [0.3, 0.4) is 0 Å². The highest BCUT2D eigenvalue weighted by Crippen LogP contribution is 2.33. The van der Waals surface area contributed by atoms with Crippen LogP contribution in [-0.4, -0.2) is 37.8 Å². The van der Waals surface area contributed by atoms with Crippen LogP contribution in [0.5, 0.6) is 5.75 Å². The Hall–Kier alpha value is -2.14. The summed E-state index contributed by atoms with van der Waals surface area (Å²) >= 11 is 0. The molecule has 2 bridgehead atoms. The van der Waals surface area contributed by atoms with Gasteiger partial charge in [0.25, 0.3) is 0 Å². The van der Waals surface area contributed by atoms with Crippen molar-refractivity contribution in [2.75, 3.05) is 31.6 Å². The fourth-order valence-electron chi connectivity index (χ4n) is 3.70. The van der Waals surface area contributed by atoms with E-state index in [1.807, 2.05) is 6.20 Å². The molecule has 2 aliphatic heterocycles. The van der Waals surface area contributed by atoms with Gasteiger partial charge in [0.15, 0.2) is 0 Å². The van der Waals surface area contributed by atoms with Crippen molar-refractivity contribution in [3.63, 3.8) is 0 Å². The maximum atomic E-state index is 13.6. The molecule has 0 aliphatic carbocycles. The fraction of sp³-hybridized carbons (Fsp3) is 0.389. The van der Waals surface area contributed by atoms with E-state index < -0.39 is 0 Å². The van der Waals surface area contributed by atoms with Gasteiger partial charge >= 0.3 is 0 Å². The minimum absolute atomic E-state index is 0.272. The highest BCUT2D eigenvalue weighted by Gasteiger charge is 2.32. The van der Waals surface area contributed by atoms with Crippen LogP contribution >= 0.6 is 0 Å². The number of methoxy groups -OCH3 is 1. The first-order valence-corrected chi connectivity index (χ1v) is 8.00. The molecule has 0 spiro atoms. The Bertz CT molecular complexity index is 709. The van der Waals surface area contributed by atoms with Crippen molar-refractivity contribution in [2.45, 2.75) is 12.5 Å². The number of fused-ring (bicyclic) bond motifs is 2. The lowest BCUT2D eigenvalue weighted by Crippen LogP contribution is -2.41. The molecule has 23 heavy (non-hydrogen) atoms. The number of nitrogens with one attached hydrogen (secondary N) is 1. The zero-order valence-electron chi connectivity index (χ0n) is 13.1. The van der Waals surface area contributed by atoms with Gasteiger partial charge in [-0.2, -0.15) is 0 Å². The van der Waals surface area contributed by atoms with Gasteiger partial charge in [-0.15, -0.1) is 0 Å². The molecule has 2 fully saturated rings. The van der Waals surface area contributed by atoms with Crippen molar-refractivity contribution < 1.29 is 9.13 Å². The molecule has 2 aromatic rings. The minimum atomic E-state index is -0.272. The Balaban J connectivity index is 1.68. The van der Waals surface area contributed by atoms with Gasteiger partial charge in [-0.3, -0.25) is 4.98 Å². The normalized spacial score (nSPS) is 23.1. The number of hydrogen-bond donors (Lipinski definition) is 1. The number of ether oxygens (including phenoxy) is 1. The van der Waals surface area contributed by atoms with E-state index in [1.54, 1.807) is 19.4 Å². The maximum Gasteiger partial charge on any atom is 0.126 e. The Morgan fingerprint density at radius 3 is 3.00 bits per heavy atom. The summed E-state index contributed by atoms with van der Waals surface area (Å²) in [6.07, 6.45) is 4.92. The van der Waals surface area contributed by atoms with E-state index in [2.05, 4.69) is 21.3 Å². The number of halogens is 1. The summed E-state index contributed by atoms with van der Waals surface area (Å²) in [4.78, 5) is 6.75. The second-order valence-electron chi connectivity index (χ2n) is 6.39. The zero-order valence-corrected chi connectivity index (χ0v) is 13.1. The topological polar surface area (TPSA) is 37.4 Å². The average molecular weight is 313 g/mol.